The molecule has 0 saturated carbocycles. The standard InChI is InChI=1S/C12H9Br2FO/c1-7-6-8(2-3-10(7)15)11(13)9-4-5-16-12(9)14/h2-6,11H,1H3. The van der Waals surface area contributed by atoms with Gasteiger partial charge in [0, 0.05) is 5.56 Å². The molecule has 16 heavy (non-hydrogen) atoms. The van der Waals surface area contributed by atoms with Crippen LogP contribution in [-0.2, 0) is 0 Å². The molecule has 0 aliphatic heterocycles. The Morgan fingerprint density at radius 2 is 2.06 bits per heavy atom. The number of benzene rings is 1. The molecule has 0 N–H and O–H groups in total. The van der Waals surface area contributed by atoms with Gasteiger partial charge >= 0.3 is 0 Å². The van der Waals surface area contributed by atoms with E-state index >= 15 is 0 Å². The predicted octanol–water partition coefficient (Wildman–Crippen LogP) is 4.97. The van der Waals surface area contributed by atoms with E-state index in [-0.39, 0.29) is 10.6 Å². The Morgan fingerprint density at radius 1 is 1.31 bits per heavy atom. The molecule has 1 atom stereocenters. The van der Waals surface area contributed by atoms with Crippen LogP contribution < -0.4 is 0 Å². The summed E-state index contributed by atoms with van der Waals surface area (Å²) in [6, 6.07) is 6.95. The first-order valence-corrected chi connectivity index (χ1v) is 6.43. The highest BCUT2D eigenvalue weighted by atomic mass is 79.9. The summed E-state index contributed by atoms with van der Waals surface area (Å²) in [5, 5.41) is 0. The molecule has 84 valence electrons. The smallest absolute Gasteiger partial charge is 0.173 e. The Hall–Kier alpha value is -0.610. The van der Waals surface area contributed by atoms with Crippen LogP contribution in [0.15, 0.2) is 39.6 Å². The van der Waals surface area contributed by atoms with Crippen LogP contribution in [0.1, 0.15) is 21.5 Å². The Kier molecular flexibility index (Phi) is 3.50. The number of hydrogen-bond acceptors (Lipinski definition) is 1. The molecule has 1 aromatic carbocycles. The summed E-state index contributed by atoms with van der Waals surface area (Å²) in [6.07, 6.45) is 1.62. The van der Waals surface area contributed by atoms with E-state index in [1.807, 2.05) is 12.1 Å². The maximum absolute atomic E-state index is 13.1. The average molecular weight is 348 g/mol. The summed E-state index contributed by atoms with van der Waals surface area (Å²) in [5.74, 6) is -0.185. The maximum Gasteiger partial charge on any atom is 0.173 e. The summed E-state index contributed by atoms with van der Waals surface area (Å²) < 4.78 is 19.0. The Morgan fingerprint density at radius 3 is 2.62 bits per heavy atom. The van der Waals surface area contributed by atoms with Gasteiger partial charge in [-0.1, -0.05) is 28.1 Å². The van der Waals surface area contributed by atoms with Gasteiger partial charge in [0.15, 0.2) is 4.67 Å². The molecule has 0 fully saturated rings. The van der Waals surface area contributed by atoms with Crippen molar-refractivity contribution in [1.29, 1.82) is 0 Å². The van der Waals surface area contributed by atoms with Crippen molar-refractivity contribution < 1.29 is 8.81 Å². The highest BCUT2D eigenvalue weighted by Gasteiger charge is 2.16. The SMILES string of the molecule is Cc1cc(C(Br)c2ccoc2Br)ccc1F. The average Bonchev–Trinajstić information content (AvgIpc) is 2.67. The molecule has 1 unspecified atom stereocenters. The van der Waals surface area contributed by atoms with Crippen LogP contribution in [0.3, 0.4) is 0 Å². The van der Waals surface area contributed by atoms with Gasteiger partial charge in [0.25, 0.3) is 0 Å². The van der Waals surface area contributed by atoms with E-state index in [1.165, 1.54) is 6.07 Å². The lowest BCUT2D eigenvalue weighted by Crippen LogP contribution is -1.93. The van der Waals surface area contributed by atoms with Gasteiger partial charge in [-0.3, -0.25) is 0 Å². The summed E-state index contributed by atoms with van der Waals surface area (Å²) in [4.78, 5) is -0.0000694. The van der Waals surface area contributed by atoms with Crippen LogP contribution >= 0.6 is 31.9 Å². The summed E-state index contributed by atoms with van der Waals surface area (Å²) in [5.41, 5.74) is 2.63. The summed E-state index contributed by atoms with van der Waals surface area (Å²) >= 11 is 6.90. The predicted molar refractivity (Wildman–Crippen MR) is 68.3 cm³/mol. The lowest BCUT2D eigenvalue weighted by Gasteiger charge is -2.09. The molecule has 0 spiro atoms. The lowest BCUT2D eigenvalue weighted by molar-refractivity contribution is 0.537. The molecule has 0 bridgehead atoms. The van der Waals surface area contributed by atoms with Gasteiger partial charge in [-0.05, 0) is 46.1 Å². The molecule has 0 radical (unpaired) electrons. The normalized spacial score (nSPS) is 12.8. The minimum Gasteiger partial charge on any atom is -0.457 e. The molecule has 1 aromatic heterocycles. The van der Waals surface area contributed by atoms with Crippen molar-refractivity contribution in [2.75, 3.05) is 0 Å². The molecule has 0 amide bonds. The van der Waals surface area contributed by atoms with Crippen molar-refractivity contribution in [2.45, 2.75) is 11.8 Å². The van der Waals surface area contributed by atoms with Crippen molar-refractivity contribution >= 4 is 31.9 Å². The lowest BCUT2D eigenvalue weighted by atomic mass is 10.1. The molecule has 4 heteroatoms. The molecule has 2 aromatic rings. The van der Waals surface area contributed by atoms with Crippen LogP contribution in [0.4, 0.5) is 4.39 Å². The fourth-order valence-corrected chi connectivity index (χ4v) is 2.91. The highest BCUT2D eigenvalue weighted by Crippen LogP contribution is 2.36. The van der Waals surface area contributed by atoms with Crippen molar-refractivity contribution in [2.24, 2.45) is 0 Å². The zero-order valence-electron chi connectivity index (χ0n) is 8.51. The fraction of sp³-hybridized carbons (Fsp3) is 0.167. The second kappa shape index (κ2) is 4.72. The zero-order valence-corrected chi connectivity index (χ0v) is 11.7. The minimum absolute atomic E-state index is 0.0000694. The van der Waals surface area contributed by atoms with Crippen LogP contribution in [0.2, 0.25) is 0 Å². The topological polar surface area (TPSA) is 13.1 Å². The second-order valence-corrected chi connectivity index (χ2v) is 5.16. The third-order valence-corrected chi connectivity index (χ3v) is 4.06. The van der Waals surface area contributed by atoms with Crippen molar-refractivity contribution in [3.05, 3.63) is 57.7 Å². The number of alkyl halides is 1. The van der Waals surface area contributed by atoms with E-state index in [0.29, 0.717) is 10.2 Å². The molecule has 0 saturated heterocycles. The molecule has 0 aliphatic rings. The Balaban J connectivity index is 2.38. The Bertz CT molecular complexity index is 507. The largest absolute Gasteiger partial charge is 0.457 e. The number of rotatable bonds is 2. The van der Waals surface area contributed by atoms with Gasteiger partial charge in [-0.25, -0.2) is 4.39 Å². The number of aryl methyl sites for hydroxylation is 1. The van der Waals surface area contributed by atoms with E-state index in [0.717, 1.165) is 11.1 Å². The van der Waals surface area contributed by atoms with E-state index in [9.17, 15) is 4.39 Å². The van der Waals surface area contributed by atoms with Gasteiger partial charge in [0.1, 0.15) is 5.82 Å². The molecule has 1 heterocycles. The molecular weight excluding hydrogens is 339 g/mol. The van der Waals surface area contributed by atoms with E-state index < -0.39 is 0 Å². The highest BCUT2D eigenvalue weighted by molar-refractivity contribution is 9.10. The van der Waals surface area contributed by atoms with Gasteiger partial charge in [-0.2, -0.15) is 0 Å². The zero-order chi connectivity index (χ0) is 11.7. The first-order valence-electron chi connectivity index (χ1n) is 4.72. The summed E-state index contributed by atoms with van der Waals surface area (Å²) in [7, 11) is 0. The van der Waals surface area contributed by atoms with Crippen LogP contribution in [0.25, 0.3) is 0 Å². The van der Waals surface area contributed by atoms with Crippen molar-refractivity contribution in [3.63, 3.8) is 0 Å². The molecule has 1 nitrogen and oxygen atoms in total. The van der Waals surface area contributed by atoms with Gasteiger partial charge in [-0.15, -0.1) is 0 Å². The van der Waals surface area contributed by atoms with E-state index in [1.54, 1.807) is 19.3 Å². The quantitative estimate of drug-likeness (QED) is 0.699. The van der Waals surface area contributed by atoms with E-state index in [2.05, 4.69) is 31.9 Å². The monoisotopic (exact) mass is 346 g/mol. The first kappa shape index (κ1) is 11.9. The van der Waals surface area contributed by atoms with Gasteiger partial charge in [0.2, 0.25) is 0 Å². The van der Waals surface area contributed by atoms with Crippen molar-refractivity contribution in [3.8, 4) is 0 Å². The third-order valence-electron chi connectivity index (χ3n) is 2.39. The summed E-state index contributed by atoms with van der Waals surface area (Å²) in [6.45, 7) is 1.75. The Labute approximate surface area is 110 Å². The minimum atomic E-state index is -0.185. The van der Waals surface area contributed by atoms with Gasteiger partial charge in [0.05, 0.1) is 11.1 Å². The molecule has 0 aliphatic carbocycles. The van der Waals surface area contributed by atoms with Crippen LogP contribution in [-0.4, -0.2) is 0 Å². The number of halogens is 3. The fourth-order valence-electron chi connectivity index (χ4n) is 1.49. The third kappa shape index (κ3) is 2.23. The van der Waals surface area contributed by atoms with E-state index in [4.69, 9.17) is 4.42 Å². The number of hydrogen-bond donors (Lipinski definition) is 0. The first-order chi connectivity index (χ1) is 7.59. The number of furan rings is 1. The molecule has 2 rings (SSSR count). The van der Waals surface area contributed by atoms with Gasteiger partial charge < -0.3 is 4.42 Å². The van der Waals surface area contributed by atoms with Crippen molar-refractivity contribution in [1.82, 2.24) is 0 Å². The maximum atomic E-state index is 13.1. The molecular formula is C12H9Br2FO. The van der Waals surface area contributed by atoms with Crippen LogP contribution in [0.5, 0.6) is 0 Å². The second-order valence-electron chi connectivity index (χ2n) is 3.52. The van der Waals surface area contributed by atoms with Crippen LogP contribution in [0, 0.1) is 12.7 Å².